The maximum Gasteiger partial charge on any atom is 0.305 e. The van der Waals surface area contributed by atoms with Crippen molar-refractivity contribution in [3.63, 3.8) is 0 Å². The van der Waals surface area contributed by atoms with Gasteiger partial charge in [-0.2, -0.15) is 0 Å². The van der Waals surface area contributed by atoms with Crippen LogP contribution in [0.15, 0.2) is 11.6 Å². The minimum absolute atomic E-state index is 0.147. The Hall–Kier alpha value is -1.23. The van der Waals surface area contributed by atoms with Gasteiger partial charge in [-0.1, -0.05) is 11.6 Å². The van der Waals surface area contributed by atoms with Gasteiger partial charge in [-0.25, -0.2) is 0 Å². The molecule has 2 nitrogen and oxygen atoms in total. The molecule has 0 heterocycles. The summed E-state index contributed by atoms with van der Waals surface area (Å²) in [6, 6.07) is 0. The van der Waals surface area contributed by atoms with Gasteiger partial charge in [0.2, 0.25) is 0 Å². The first-order valence-electron chi connectivity index (χ1n) is 4.82. The maximum absolute atomic E-state index is 10.8. The monoisotopic (exact) mass is 194 g/mol. The predicted octanol–water partition coefficient (Wildman–Crippen LogP) is 2.69. The van der Waals surface area contributed by atoms with Crippen molar-refractivity contribution in [2.24, 2.45) is 0 Å². The molecule has 0 N–H and O–H groups in total. The molecule has 0 aromatic rings. The smallest absolute Gasteiger partial charge is 0.305 e. The molecule has 0 bridgehead atoms. The standard InChI is InChI=1S/C12H18O2/c1-4-5-6-7-8-11(2)9-10-12(13)14-3/h8H,6-7,9-10H2,1-3H3/b11-8+. The number of carbonyl (C=O) groups excluding carboxylic acids is 1. The van der Waals surface area contributed by atoms with Gasteiger partial charge in [0.15, 0.2) is 0 Å². The number of ether oxygens (including phenoxy) is 1. The second-order valence-corrected chi connectivity index (χ2v) is 3.09. The molecular weight excluding hydrogens is 176 g/mol. The highest BCUT2D eigenvalue weighted by atomic mass is 16.5. The number of allylic oxidation sites excluding steroid dienone is 2. The highest BCUT2D eigenvalue weighted by Gasteiger charge is 1.99. The number of hydrogen-bond donors (Lipinski definition) is 0. The molecule has 0 aliphatic carbocycles. The van der Waals surface area contributed by atoms with E-state index < -0.39 is 0 Å². The van der Waals surface area contributed by atoms with Gasteiger partial charge in [0.05, 0.1) is 7.11 Å². The van der Waals surface area contributed by atoms with Crippen molar-refractivity contribution >= 4 is 5.97 Å². The van der Waals surface area contributed by atoms with Crippen LogP contribution >= 0.6 is 0 Å². The summed E-state index contributed by atoms with van der Waals surface area (Å²) in [5, 5.41) is 0. The molecule has 0 radical (unpaired) electrons. The number of unbranched alkanes of at least 4 members (excludes halogenated alkanes) is 1. The van der Waals surface area contributed by atoms with Crippen molar-refractivity contribution in [2.75, 3.05) is 7.11 Å². The Morgan fingerprint density at radius 1 is 1.43 bits per heavy atom. The molecule has 0 saturated carbocycles. The Bertz CT molecular complexity index is 253. The number of carbonyl (C=O) groups is 1. The summed E-state index contributed by atoms with van der Waals surface area (Å²) in [5.41, 5.74) is 1.23. The maximum atomic E-state index is 10.8. The van der Waals surface area contributed by atoms with Crippen LogP contribution in [0.25, 0.3) is 0 Å². The zero-order valence-electron chi connectivity index (χ0n) is 9.22. The molecule has 0 atom stereocenters. The number of esters is 1. The molecule has 78 valence electrons. The molecule has 0 unspecified atom stereocenters. The van der Waals surface area contributed by atoms with Gasteiger partial charge in [0.25, 0.3) is 0 Å². The first-order valence-corrected chi connectivity index (χ1v) is 4.82. The van der Waals surface area contributed by atoms with Crippen LogP contribution in [0.4, 0.5) is 0 Å². The molecule has 0 fully saturated rings. The normalized spacial score (nSPS) is 10.4. The second-order valence-electron chi connectivity index (χ2n) is 3.09. The van der Waals surface area contributed by atoms with Crippen molar-refractivity contribution in [2.45, 2.75) is 39.5 Å². The quantitative estimate of drug-likeness (QED) is 0.291. The topological polar surface area (TPSA) is 26.3 Å². The molecule has 0 aromatic heterocycles. The lowest BCUT2D eigenvalue weighted by Crippen LogP contribution is -1.99. The largest absolute Gasteiger partial charge is 0.469 e. The molecule has 0 aliphatic heterocycles. The fourth-order valence-corrected chi connectivity index (χ4v) is 1.02. The Morgan fingerprint density at radius 3 is 2.71 bits per heavy atom. The molecule has 0 spiro atoms. The summed E-state index contributed by atoms with van der Waals surface area (Å²) in [6.45, 7) is 3.87. The van der Waals surface area contributed by atoms with Gasteiger partial charge in [0, 0.05) is 12.8 Å². The van der Waals surface area contributed by atoms with Crippen LogP contribution in [-0.4, -0.2) is 13.1 Å². The Kier molecular flexibility index (Phi) is 7.64. The van der Waals surface area contributed by atoms with E-state index in [1.807, 2.05) is 13.8 Å². The van der Waals surface area contributed by atoms with Crippen LogP contribution in [-0.2, 0) is 9.53 Å². The highest BCUT2D eigenvalue weighted by molar-refractivity contribution is 5.69. The number of rotatable bonds is 5. The van der Waals surface area contributed by atoms with Gasteiger partial charge >= 0.3 is 5.97 Å². The van der Waals surface area contributed by atoms with Crippen molar-refractivity contribution in [3.8, 4) is 11.8 Å². The van der Waals surface area contributed by atoms with Gasteiger partial charge in [-0.05, 0) is 26.7 Å². The van der Waals surface area contributed by atoms with E-state index in [4.69, 9.17) is 0 Å². The van der Waals surface area contributed by atoms with Crippen LogP contribution in [0.1, 0.15) is 39.5 Å². The van der Waals surface area contributed by atoms with E-state index in [2.05, 4.69) is 22.7 Å². The van der Waals surface area contributed by atoms with E-state index in [0.717, 1.165) is 19.3 Å². The Labute approximate surface area is 86.3 Å². The first kappa shape index (κ1) is 12.8. The Morgan fingerprint density at radius 2 is 2.14 bits per heavy atom. The minimum Gasteiger partial charge on any atom is -0.469 e. The van der Waals surface area contributed by atoms with Crippen LogP contribution < -0.4 is 0 Å². The van der Waals surface area contributed by atoms with E-state index >= 15 is 0 Å². The van der Waals surface area contributed by atoms with Crippen LogP contribution in [0.2, 0.25) is 0 Å². The third kappa shape index (κ3) is 7.42. The van der Waals surface area contributed by atoms with Crippen LogP contribution in [0.5, 0.6) is 0 Å². The summed E-state index contributed by atoms with van der Waals surface area (Å²) in [5.74, 6) is 5.69. The average molecular weight is 194 g/mol. The molecule has 14 heavy (non-hydrogen) atoms. The van der Waals surface area contributed by atoms with Gasteiger partial charge in [-0.3, -0.25) is 4.79 Å². The number of methoxy groups -OCH3 is 1. The van der Waals surface area contributed by atoms with Gasteiger partial charge in [0.1, 0.15) is 0 Å². The summed E-state index contributed by atoms with van der Waals surface area (Å²) in [7, 11) is 1.41. The summed E-state index contributed by atoms with van der Waals surface area (Å²) >= 11 is 0. The lowest BCUT2D eigenvalue weighted by atomic mass is 10.1. The lowest BCUT2D eigenvalue weighted by Gasteiger charge is -1.99. The van der Waals surface area contributed by atoms with E-state index in [0.29, 0.717) is 6.42 Å². The molecule has 0 aromatic carbocycles. The fraction of sp³-hybridized carbons (Fsp3) is 0.583. The van der Waals surface area contributed by atoms with Crippen LogP contribution in [0, 0.1) is 11.8 Å². The minimum atomic E-state index is -0.147. The SMILES string of the molecule is CC#CCC/C=C(\C)CCC(=O)OC. The zero-order valence-corrected chi connectivity index (χ0v) is 9.22. The average Bonchev–Trinajstić information content (AvgIpc) is 2.21. The second kappa shape index (κ2) is 8.37. The van der Waals surface area contributed by atoms with Crippen molar-refractivity contribution < 1.29 is 9.53 Å². The molecular formula is C12H18O2. The molecule has 0 aliphatic rings. The van der Waals surface area contributed by atoms with E-state index in [1.54, 1.807) is 0 Å². The van der Waals surface area contributed by atoms with Crippen molar-refractivity contribution in [1.82, 2.24) is 0 Å². The number of hydrogen-bond acceptors (Lipinski definition) is 2. The Balaban J connectivity index is 3.65. The van der Waals surface area contributed by atoms with Gasteiger partial charge < -0.3 is 4.74 Å². The highest BCUT2D eigenvalue weighted by Crippen LogP contribution is 2.06. The third-order valence-electron chi connectivity index (χ3n) is 1.89. The summed E-state index contributed by atoms with van der Waals surface area (Å²) in [6.07, 6.45) is 5.25. The third-order valence-corrected chi connectivity index (χ3v) is 1.89. The summed E-state index contributed by atoms with van der Waals surface area (Å²) < 4.78 is 4.56. The predicted molar refractivity (Wildman–Crippen MR) is 57.7 cm³/mol. The van der Waals surface area contributed by atoms with Crippen molar-refractivity contribution in [3.05, 3.63) is 11.6 Å². The zero-order chi connectivity index (χ0) is 10.8. The lowest BCUT2D eigenvalue weighted by molar-refractivity contribution is -0.140. The van der Waals surface area contributed by atoms with Crippen molar-refractivity contribution in [1.29, 1.82) is 0 Å². The molecule has 0 amide bonds. The molecule has 2 heteroatoms. The van der Waals surface area contributed by atoms with Crippen LogP contribution in [0.3, 0.4) is 0 Å². The van der Waals surface area contributed by atoms with E-state index in [-0.39, 0.29) is 5.97 Å². The fourth-order valence-electron chi connectivity index (χ4n) is 1.02. The summed E-state index contributed by atoms with van der Waals surface area (Å²) in [4.78, 5) is 10.8. The molecule has 0 rings (SSSR count). The van der Waals surface area contributed by atoms with E-state index in [1.165, 1.54) is 12.7 Å². The van der Waals surface area contributed by atoms with E-state index in [9.17, 15) is 4.79 Å². The molecule has 0 saturated heterocycles. The first-order chi connectivity index (χ1) is 6.70. The van der Waals surface area contributed by atoms with Gasteiger partial charge in [-0.15, -0.1) is 11.8 Å².